The third-order valence-corrected chi connectivity index (χ3v) is 5.43. The smallest absolute Gasteiger partial charge is 0.337 e. The maximum absolute atomic E-state index is 12.6. The van der Waals surface area contributed by atoms with Crippen LogP contribution in [0.15, 0.2) is 53.7 Å². The highest BCUT2D eigenvalue weighted by molar-refractivity contribution is 5.95. The first-order valence-corrected chi connectivity index (χ1v) is 10.6. The predicted octanol–water partition coefficient (Wildman–Crippen LogP) is 4.85. The molecule has 0 spiro atoms. The van der Waals surface area contributed by atoms with Crippen molar-refractivity contribution in [3.63, 3.8) is 0 Å². The van der Waals surface area contributed by atoms with Gasteiger partial charge in [-0.25, -0.2) is 9.59 Å². The Labute approximate surface area is 183 Å². The average Bonchev–Trinajstić information content (AvgIpc) is 2.77. The molecule has 2 aromatic rings. The maximum Gasteiger partial charge on any atom is 0.337 e. The normalized spacial score (nSPS) is 15.9. The fourth-order valence-electron chi connectivity index (χ4n) is 3.67. The van der Waals surface area contributed by atoms with Gasteiger partial charge in [0.1, 0.15) is 12.4 Å². The van der Waals surface area contributed by atoms with Crippen molar-refractivity contribution in [1.29, 1.82) is 0 Å². The summed E-state index contributed by atoms with van der Waals surface area (Å²) in [6, 6.07) is 12.8. The van der Waals surface area contributed by atoms with Crippen LogP contribution in [0.1, 0.15) is 54.5 Å². The number of unbranched alkanes of at least 4 members (excludes halogenated alkanes) is 1. The van der Waals surface area contributed by atoms with Crippen LogP contribution >= 0.6 is 0 Å². The van der Waals surface area contributed by atoms with Gasteiger partial charge in [-0.15, -0.1) is 0 Å². The second kappa shape index (κ2) is 10.2. The molecule has 1 atom stereocenters. The molecule has 1 aliphatic heterocycles. The van der Waals surface area contributed by atoms with Crippen molar-refractivity contribution in [2.45, 2.75) is 52.7 Å². The van der Waals surface area contributed by atoms with E-state index in [1.807, 2.05) is 24.3 Å². The molecule has 0 aliphatic carbocycles. The molecule has 2 amide bonds. The van der Waals surface area contributed by atoms with Crippen molar-refractivity contribution < 1.29 is 19.1 Å². The summed E-state index contributed by atoms with van der Waals surface area (Å²) >= 11 is 0. The molecule has 0 radical (unpaired) electrons. The Morgan fingerprint density at radius 1 is 1.13 bits per heavy atom. The topological polar surface area (TPSA) is 76.7 Å². The van der Waals surface area contributed by atoms with Gasteiger partial charge in [-0.05, 0) is 55.5 Å². The van der Waals surface area contributed by atoms with Crippen LogP contribution in [0.4, 0.5) is 4.79 Å². The molecule has 0 saturated heterocycles. The number of carbonyl (C=O) groups excluding carboxylic acids is 2. The molecule has 2 N–H and O–H groups in total. The van der Waals surface area contributed by atoms with Crippen LogP contribution in [-0.4, -0.2) is 19.1 Å². The van der Waals surface area contributed by atoms with Gasteiger partial charge in [0.05, 0.1) is 18.7 Å². The molecule has 6 nitrogen and oxygen atoms in total. The second-order valence-corrected chi connectivity index (χ2v) is 7.81. The summed E-state index contributed by atoms with van der Waals surface area (Å²) in [6.07, 6.45) is 2.42. The fraction of sp³-hybridized carbons (Fsp3) is 0.360. The highest BCUT2D eigenvalue weighted by Gasteiger charge is 2.33. The van der Waals surface area contributed by atoms with Crippen molar-refractivity contribution >= 4 is 12.0 Å². The summed E-state index contributed by atoms with van der Waals surface area (Å²) in [5, 5.41) is 5.64. The van der Waals surface area contributed by atoms with E-state index in [-0.39, 0.29) is 6.03 Å². The van der Waals surface area contributed by atoms with E-state index in [4.69, 9.17) is 9.47 Å². The van der Waals surface area contributed by atoms with E-state index in [0.717, 1.165) is 24.0 Å². The molecular weight excluding hydrogens is 392 g/mol. The van der Waals surface area contributed by atoms with Crippen LogP contribution < -0.4 is 15.4 Å². The van der Waals surface area contributed by atoms with E-state index in [0.29, 0.717) is 30.0 Å². The molecule has 0 bridgehead atoms. The minimum Gasteiger partial charge on any atom is -0.489 e. The van der Waals surface area contributed by atoms with Gasteiger partial charge in [0.15, 0.2) is 0 Å². The van der Waals surface area contributed by atoms with Crippen molar-refractivity contribution in [3.8, 4) is 5.75 Å². The Morgan fingerprint density at radius 2 is 1.94 bits per heavy atom. The Hall–Kier alpha value is -3.28. The SMILES string of the molecule is CCCCC1=C(C(=O)OC)C(c2cccc(OCc3cc(C)ccc3C)c2)NC(=O)N1. The number of hydrogen-bond donors (Lipinski definition) is 2. The van der Waals surface area contributed by atoms with E-state index >= 15 is 0 Å². The third kappa shape index (κ3) is 5.45. The summed E-state index contributed by atoms with van der Waals surface area (Å²) in [4.78, 5) is 24.9. The van der Waals surface area contributed by atoms with Gasteiger partial charge in [-0.2, -0.15) is 0 Å². The van der Waals surface area contributed by atoms with E-state index in [1.165, 1.54) is 18.2 Å². The Bertz CT molecular complexity index is 997. The van der Waals surface area contributed by atoms with E-state index < -0.39 is 12.0 Å². The zero-order valence-electron chi connectivity index (χ0n) is 18.6. The van der Waals surface area contributed by atoms with E-state index in [9.17, 15) is 9.59 Å². The number of esters is 1. The van der Waals surface area contributed by atoms with Gasteiger partial charge < -0.3 is 20.1 Å². The van der Waals surface area contributed by atoms with Crippen molar-refractivity contribution in [2.75, 3.05) is 7.11 Å². The maximum atomic E-state index is 12.6. The van der Waals surface area contributed by atoms with Crippen LogP contribution in [0, 0.1) is 13.8 Å². The van der Waals surface area contributed by atoms with Crippen LogP contribution in [0.5, 0.6) is 5.75 Å². The Morgan fingerprint density at radius 3 is 2.68 bits per heavy atom. The zero-order chi connectivity index (χ0) is 22.4. The first-order chi connectivity index (χ1) is 14.9. The lowest BCUT2D eigenvalue weighted by atomic mass is 9.93. The number of aryl methyl sites for hydroxylation is 2. The number of allylic oxidation sites excluding steroid dienone is 1. The number of ether oxygens (including phenoxy) is 2. The standard InChI is InChI=1S/C25H30N2O4/c1-5-6-10-21-22(24(28)30-4)23(27-25(29)26-21)18-8-7-9-20(14-18)31-15-19-13-16(2)11-12-17(19)3/h7-9,11-14,23H,5-6,10,15H2,1-4H3,(H2,26,27,29). The number of rotatable bonds is 8. The van der Waals surface area contributed by atoms with Gasteiger partial charge in [0.25, 0.3) is 0 Å². The van der Waals surface area contributed by atoms with Crippen molar-refractivity contribution in [1.82, 2.24) is 10.6 Å². The predicted molar refractivity (Wildman–Crippen MR) is 120 cm³/mol. The summed E-state index contributed by atoms with van der Waals surface area (Å²) in [5.74, 6) is 0.218. The van der Waals surface area contributed by atoms with Crippen LogP contribution in [0.25, 0.3) is 0 Å². The quantitative estimate of drug-likeness (QED) is 0.596. The number of nitrogens with one attached hydrogen (secondary N) is 2. The number of benzene rings is 2. The van der Waals surface area contributed by atoms with Gasteiger partial charge >= 0.3 is 12.0 Å². The van der Waals surface area contributed by atoms with Crippen LogP contribution in [0.2, 0.25) is 0 Å². The van der Waals surface area contributed by atoms with Gasteiger partial charge in [-0.3, -0.25) is 0 Å². The Kier molecular flexibility index (Phi) is 7.34. The number of hydrogen-bond acceptors (Lipinski definition) is 4. The minimum atomic E-state index is -0.600. The Balaban J connectivity index is 1.88. The van der Waals surface area contributed by atoms with E-state index in [2.05, 4.69) is 49.6 Å². The summed E-state index contributed by atoms with van der Waals surface area (Å²) in [5.41, 5.74) is 5.29. The lowest BCUT2D eigenvalue weighted by Gasteiger charge is -2.29. The number of urea groups is 1. The van der Waals surface area contributed by atoms with Gasteiger partial charge in [-0.1, -0.05) is 49.2 Å². The monoisotopic (exact) mass is 422 g/mol. The molecule has 1 heterocycles. The molecule has 2 aromatic carbocycles. The molecule has 1 unspecified atom stereocenters. The molecule has 31 heavy (non-hydrogen) atoms. The van der Waals surface area contributed by atoms with Gasteiger partial charge in [0, 0.05) is 5.70 Å². The first kappa shape index (κ1) is 22.4. The number of amides is 2. The molecule has 0 aromatic heterocycles. The molecule has 6 heteroatoms. The first-order valence-electron chi connectivity index (χ1n) is 10.6. The van der Waals surface area contributed by atoms with E-state index in [1.54, 1.807) is 0 Å². The lowest BCUT2D eigenvalue weighted by molar-refractivity contribution is -0.136. The van der Waals surface area contributed by atoms with Crippen molar-refractivity contribution in [2.24, 2.45) is 0 Å². The zero-order valence-corrected chi connectivity index (χ0v) is 18.6. The number of methoxy groups -OCH3 is 1. The summed E-state index contributed by atoms with van der Waals surface area (Å²) < 4.78 is 11.1. The molecule has 0 saturated carbocycles. The highest BCUT2D eigenvalue weighted by Crippen LogP contribution is 2.31. The minimum absolute atomic E-state index is 0.328. The van der Waals surface area contributed by atoms with Gasteiger partial charge in [0.2, 0.25) is 0 Å². The largest absolute Gasteiger partial charge is 0.489 e. The number of carbonyl (C=O) groups is 2. The van der Waals surface area contributed by atoms with Crippen LogP contribution in [-0.2, 0) is 16.1 Å². The molecule has 0 fully saturated rings. The fourth-order valence-corrected chi connectivity index (χ4v) is 3.67. The second-order valence-electron chi connectivity index (χ2n) is 7.81. The summed E-state index contributed by atoms with van der Waals surface area (Å²) in [7, 11) is 1.35. The highest BCUT2D eigenvalue weighted by atomic mass is 16.5. The molecule has 1 aliphatic rings. The lowest BCUT2D eigenvalue weighted by Crippen LogP contribution is -2.45. The summed E-state index contributed by atoms with van der Waals surface area (Å²) in [6.45, 7) is 6.62. The average molecular weight is 423 g/mol. The molecule has 3 rings (SSSR count). The van der Waals surface area contributed by atoms with Crippen molar-refractivity contribution in [3.05, 3.63) is 76.0 Å². The molecule has 164 valence electrons. The third-order valence-electron chi connectivity index (χ3n) is 5.43. The van der Waals surface area contributed by atoms with Crippen LogP contribution in [0.3, 0.4) is 0 Å². The molecular formula is C25H30N2O4.